The number of hydrogen-bond acceptors (Lipinski definition) is 5. The van der Waals surface area contributed by atoms with Gasteiger partial charge < -0.3 is 19.8 Å². The van der Waals surface area contributed by atoms with E-state index in [0.717, 1.165) is 0 Å². The number of H-pyrrole nitrogens is 1. The predicted octanol–water partition coefficient (Wildman–Crippen LogP) is 4.23. The monoisotopic (exact) mass is 490 g/mol. The number of amides is 1. The number of ether oxygens (including phenoxy) is 2. The lowest BCUT2D eigenvalue weighted by molar-refractivity contribution is -0.168. The second-order valence-electron chi connectivity index (χ2n) is 7.00. The zero-order chi connectivity index (χ0) is 23.1. The normalized spacial score (nSPS) is 11.6. The predicted molar refractivity (Wildman–Crippen MR) is 116 cm³/mol. The smallest absolute Gasteiger partial charge is 0.330 e. The van der Waals surface area contributed by atoms with Crippen molar-refractivity contribution in [3.05, 3.63) is 47.7 Å². The molecule has 0 saturated carbocycles. The van der Waals surface area contributed by atoms with E-state index >= 15 is 0 Å². The first kappa shape index (κ1) is 26.5. The van der Waals surface area contributed by atoms with Crippen LogP contribution in [0.1, 0.15) is 22.3 Å². The zero-order valence-corrected chi connectivity index (χ0v) is 18.4. The Kier molecular flexibility index (Phi) is 9.56. The number of carbonyl (C=O) groups is 1. The van der Waals surface area contributed by atoms with Gasteiger partial charge in [-0.1, -0.05) is 18.2 Å². The molecule has 3 rings (SSSR count). The number of carbonyl (C=O) groups excluding carboxylic acids is 1. The van der Waals surface area contributed by atoms with E-state index in [0.29, 0.717) is 53.3 Å². The van der Waals surface area contributed by atoms with E-state index in [4.69, 9.17) is 9.47 Å². The summed E-state index contributed by atoms with van der Waals surface area (Å²) < 4.78 is 60.2. The maximum atomic E-state index is 13.0. The summed E-state index contributed by atoms with van der Waals surface area (Å²) in [6.45, 7) is -0.680. The number of imidazole rings is 1. The topological polar surface area (TPSA) is 89.1 Å². The summed E-state index contributed by atoms with van der Waals surface area (Å²) in [5.74, 6) is -4.08. The molecule has 2 aromatic heterocycles. The number of alkyl halides is 4. The van der Waals surface area contributed by atoms with Crippen molar-refractivity contribution in [3.8, 4) is 11.4 Å². The summed E-state index contributed by atoms with van der Waals surface area (Å²) >= 11 is 0. The highest BCUT2D eigenvalue weighted by atomic mass is 35.5. The minimum atomic E-state index is -4.21. The van der Waals surface area contributed by atoms with Crippen LogP contribution in [0.15, 0.2) is 36.5 Å². The number of hydrogen-bond donors (Lipinski definition) is 2. The third kappa shape index (κ3) is 6.86. The highest BCUT2D eigenvalue weighted by Gasteiger charge is 2.40. The molecule has 0 saturated heterocycles. The Balaban J connectivity index is 0.00000385. The van der Waals surface area contributed by atoms with Crippen molar-refractivity contribution in [2.24, 2.45) is 0 Å². The van der Waals surface area contributed by atoms with Crippen LogP contribution in [0.2, 0.25) is 0 Å². The molecule has 0 bridgehead atoms. The van der Waals surface area contributed by atoms with Gasteiger partial charge in [0, 0.05) is 32.0 Å². The van der Waals surface area contributed by atoms with Crippen molar-refractivity contribution < 1.29 is 31.8 Å². The third-order valence-electron chi connectivity index (χ3n) is 4.53. The van der Waals surface area contributed by atoms with E-state index in [1.54, 1.807) is 37.4 Å². The van der Waals surface area contributed by atoms with Crippen LogP contribution in [-0.2, 0) is 16.1 Å². The van der Waals surface area contributed by atoms with E-state index < -0.39 is 19.0 Å². The van der Waals surface area contributed by atoms with Gasteiger partial charge in [-0.05, 0) is 24.1 Å². The van der Waals surface area contributed by atoms with Gasteiger partial charge in [-0.25, -0.2) is 18.7 Å². The van der Waals surface area contributed by atoms with Gasteiger partial charge in [-0.3, -0.25) is 4.79 Å². The second-order valence-corrected chi connectivity index (χ2v) is 7.00. The molecule has 0 fully saturated rings. The molecule has 0 aliphatic carbocycles. The van der Waals surface area contributed by atoms with Crippen LogP contribution in [-0.4, -0.2) is 60.1 Å². The number of halogens is 5. The molecule has 3 aromatic rings. The van der Waals surface area contributed by atoms with E-state index in [1.165, 1.54) is 6.20 Å². The Labute approximate surface area is 193 Å². The first-order chi connectivity index (χ1) is 15.3. The molecular formula is C21H23ClF4N4O3. The third-order valence-corrected chi connectivity index (χ3v) is 4.53. The fourth-order valence-corrected chi connectivity index (χ4v) is 2.93. The highest BCUT2D eigenvalue weighted by molar-refractivity contribution is 6.04. The fourth-order valence-electron chi connectivity index (χ4n) is 2.93. The molecule has 2 heterocycles. The van der Waals surface area contributed by atoms with Crippen LogP contribution < -0.4 is 5.32 Å². The van der Waals surface area contributed by atoms with Gasteiger partial charge in [0.1, 0.15) is 12.4 Å². The maximum absolute atomic E-state index is 13.0. The van der Waals surface area contributed by atoms with Crippen molar-refractivity contribution in [2.45, 2.75) is 25.4 Å². The second kappa shape index (κ2) is 11.9. The Morgan fingerprint density at radius 2 is 2.06 bits per heavy atom. The first-order valence-electron chi connectivity index (χ1n) is 9.76. The molecule has 0 atom stereocenters. The van der Waals surface area contributed by atoms with E-state index in [9.17, 15) is 22.4 Å². The van der Waals surface area contributed by atoms with Gasteiger partial charge in [0.15, 0.2) is 5.65 Å². The maximum Gasteiger partial charge on any atom is 0.330 e. The average molecular weight is 491 g/mol. The number of nitrogens with one attached hydrogen (secondary N) is 2. The minimum absolute atomic E-state index is 0. The summed E-state index contributed by atoms with van der Waals surface area (Å²) in [4.78, 5) is 24.1. The number of rotatable bonds is 11. The average Bonchev–Trinajstić information content (AvgIpc) is 3.21. The molecule has 12 heteroatoms. The molecule has 33 heavy (non-hydrogen) atoms. The molecule has 0 aliphatic heterocycles. The lowest BCUT2D eigenvalue weighted by Gasteiger charge is -2.15. The first-order valence-corrected chi connectivity index (χ1v) is 9.76. The molecule has 0 radical (unpaired) electrons. The molecule has 0 spiro atoms. The van der Waals surface area contributed by atoms with Gasteiger partial charge in [-0.2, -0.15) is 8.78 Å². The highest BCUT2D eigenvalue weighted by Crippen LogP contribution is 2.25. The summed E-state index contributed by atoms with van der Waals surface area (Å²) in [6.07, 6.45) is -1.64. The minimum Gasteiger partial charge on any atom is -0.385 e. The van der Waals surface area contributed by atoms with Crippen LogP contribution in [0, 0.1) is 0 Å². The van der Waals surface area contributed by atoms with E-state index in [1.807, 2.05) is 0 Å². The van der Waals surface area contributed by atoms with Crippen LogP contribution in [0.5, 0.6) is 0 Å². The molecule has 0 unspecified atom stereocenters. The molecule has 0 aliphatic rings. The van der Waals surface area contributed by atoms with Gasteiger partial charge in [0.25, 0.3) is 5.91 Å². The Bertz CT molecular complexity index is 1060. The van der Waals surface area contributed by atoms with Gasteiger partial charge in [0.05, 0.1) is 17.7 Å². The molecular weight excluding hydrogens is 468 g/mol. The van der Waals surface area contributed by atoms with Crippen molar-refractivity contribution in [1.82, 2.24) is 20.3 Å². The largest absolute Gasteiger partial charge is 0.385 e. The number of aromatic amines is 1. The van der Waals surface area contributed by atoms with Gasteiger partial charge in [0.2, 0.25) is 0 Å². The number of aromatic nitrogens is 3. The Hall–Kier alpha value is -2.76. The molecule has 1 amide bonds. The molecule has 7 nitrogen and oxygen atoms in total. The van der Waals surface area contributed by atoms with E-state index in [2.05, 4.69) is 20.3 Å². The molecule has 1 aromatic carbocycles. The van der Waals surface area contributed by atoms with E-state index in [-0.39, 0.29) is 24.9 Å². The quantitative estimate of drug-likeness (QED) is 0.310. The SMILES string of the molecule is COCCCNC(=O)c1ccnc2nc(-c3cccc(COCC(F)(F)C(F)F)c3)[nH]c12.Cl. The van der Waals surface area contributed by atoms with Crippen molar-refractivity contribution in [2.75, 3.05) is 26.9 Å². The Morgan fingerprint density at radius 3 is 2.79 bits per heavy atom. The standard InChI is InChI=1S/C21H22F4N4O3.ClH/c1-31-9-3-7-27-19(30)15-6-8-26-18-16(15)28-17(29-18)14-5-2-4-13(10-14)11-32-12-21(24,25)20(22)23;/h2,4-6,8,10,20H,3,7,9,11-12H2,1H3,(H,27,30)(H,26,28,29);1H. The fraction of sp³-hybridized carbons (Fsp3) is 0.381. The summed E-state index contributed by atoms with van der Waals surface area (Å²) in [7, 11) is 1.58. The zero-order valence-electron chi connectivity index (χ0n) is 17.6. The van der Waals surface area contributed by atoms with Crippen molar-refractivity contribution in [3.63, 3.8) is 0 Å². The summed E-state index contributed by atoms with van der Waals surface area (Å²) in [6, 6.07) is 8.19. The number of pyridine rings is 1. The lowest BCUT2D eigenvalue weighted by Crippen LogP contribution is -2.32. The number of benzene rings is 1. The lowest BCUT2D eigenvalue weighted by atomic mass is 10.1. The number of nitrogens with zero attached hydrogens (tertiary/aromatic N) is 2. The number of methoxy groups -OCH3 is 1. The van der Waals surface area contributed by atoms with Gasteiger partial charge >= 0.3 is 12.3 Å². The van der Waals surface area contributed by atoms with Crippen LogP contribution in [0.3, 0.4) is 0 Å². The Morgan fingerprint density at radius 1 is 1.27 bits per heavy atom. The van der Waals surface area contributed by atoms with Crippen LogP contribution >= 0.6 is 12.4 Å². The summed E-state index contributed by atoms with van der Waals surface area (Å²) in [5, 5.41) is 2.80. The van der Waals surface area contributed by atoms with Gasteiger partial charge in [-0.15, -0.1) is 12.4 Å². The summed E-state index contributed by atoms with van der Waals surface area (Å²) in [5.41, 5.74) is 2.25. The van der Waals surface area contributed by atoms with Crippen molar-refractivity contribution in [1.29, 1.82) is 0 Å². The van der Waals surface area contributed by atoms with Crippen molar-refractivity contribution >= 4 is 29.5 Å². The molecule has 180 valence electrons. The number of fused-ring (bicyclic) bond motifs is 1. The molecule has 2 N–H and O–H groups in total. The van der Waals surface area contributed by atoms with Crippen LogP contribution in [0.4, 0.5) is 17.6 Å². The van der Waals surface area contributed by atoms with Crippen LogP contribution in [0.25, 0.3) is 22.6 Å².